The summed E-state index contributed by atoms with van der Waals surface area (Å²) in [6.07, 6.45) is 3.63. The van der Waals surface area contributed by atoms with Crippen LogP contribution in [0.4, 0.5) is 4.79 Å². The minimum Gasteiger partial charge on any atom is -0.497 e. The predicted molar refractivity (Wildman–Crippen MR) is 166 cm³/mol. The van der Waals surface area contributed by atoms with E-state index in [0.29, 0.717) is 37.9 Å². The van der Waals surface area contributed by atoms with Gasteiger partial charge in [-0.2, -0.15) is 0 Å². The molecular weight excluding hydrogens is 578 g/mol. The van der Waals surface area contributed by atoms with Gasteiger partial charge in [0.25, 0.3) is 0 Å². The van der Waals surface area contributed by atoms with Crippen LogP contribution in [0.5, 0.6) is 5.75 Å². The van der Waals surface area contributed by atoms with Gasteiger partial charge in [0.05, 0.1) is 45.0 Å². The maximum Gasteiger partial charge on any atom is 0.416 e. The molecule has 0 bridgehead atoms. The van der Waals surface area contributed by atoms with Crippen molar-refractivity contribution < 1.29 is 42.8 Å². The average molecular weight is 622 g/mol. The normalized spacial score (nSPS) is 23.7. The first kappa shape index (κ1) is 33.9. The smallest absolute Gasteiger partial charge is 0.416 e. The second kappa shape index (κ2) is 15.8. The molecule has 2 aromatic rings. The molecule has 0 aliphatic carbocycles. The van der Waals surface area contributed by atoms with Gasteiger partial charge in [-0.3, -0.25) is 4.79 Å². The summed E-state index contributed by atoms with van der Waals surface area (Å²) in [5, 5.41) is 0. The van der Waals surface area contributed by atoms with E-state index in [1.807, 2.05) is 54.6 Å². The van der Waals surface area contributed by atoms with Crippen molar-refractivity contribution >= 4 is 18.0 Å². The van der Waals surface area contributed by atoms with Crippen molar-refractivity contribution in [2.45, 2.75) is 69.7 Å². The van der Waals surface area contributed by atoms with Gasteiger partial charge in [0.15, 0.2) is 5.79 Å². The molecule has 5 atom stereocenters. The Morgan fingerprint density at radius 2 is 1.82 bits per heavy atom. The van der Waals surface area contributed by atoms with Crippen LogP contribution in [-0.2, 0) is 46.3 Å². The molecule has 0 saturated carbocycles. The van der Waals surface area contributed by atoms with Crippen LogP contribution >= 0.6 is 0 Å². The van der Waals surface area contributed by atoms with E-state index >= 15 is 0 Å². The van der Waals surface area contributed by atoms with Gasteiger partial charge in [-0.25, -0.2) is 14.5 Å². The van der Waals surface area contributed by atoms with Crippen LogP contribution < -0.4 is 4.74 Å². The second-order valence-electron chi connectivity index (χ2n) is 11.3. The number of cyclic esters (lactones) is 1. The summed E-state index contributed by atoms with van der Waals surface area (Å²) >= 11 is 0. The molecule has 0 spiro atoms. The first-order valence-corrected chi connectivity index (χ1v) is 15.1. The molecule has 2 fully saturated rings. The zero-order valence-electron chi connectivity index (χ0n) is 26.4. The third kappa shape index (κ3) is 8.39. The number of hydrogen-bond donors (Lipinski definition) is 0. The first-order valence-electron chi connectivity index (χ1n) is 15.1. The molecule has 2 aliphatic heterocycles. The molecule has 242 valence electrons. The first-order chi connectivity index (χ1) is 21.7. The molecule has 0 N–H and O–H groups in total. The van der Waals surface area contributed by atoms with Gasteiger partial charge in [0.2, 0.25) is 5.91 Å². The lowest BCUT2D eigenvalue weighted by molar-refractivity contribution is -0.295. The van der Waals surface area contributed by atoms with Crippen LogP contribution in [0.15, 0.2) is 78.9 Å². The number of methoxy groups -OCH3 is 3. The van der Waals surface area contributed by atoms with E-state index in [-0.39, 0.29) is 13.0 Å². The zero-order chi connectivity index (χ0) is 32.4. The fourth-order valence-corrected chi connectivity index (χ4v) is 5.83. The largest absolute Gasteiger partial charge is 0.497 e. The SMILES string of the molecule is C=CCC[C@@H](OCc1ccc(OC)cc1)[C@H]1C/C(=C\C(=O)OC)C[C@@](OC)([C@H](C)C(=O)N2C(=O)OC[C@@H]2Cc2ccccc2)O1. The van der Waals surface area contributed by atoms with Crippen LogP contribution in [-0.4, -0.2) is 74.8 Å². The molecule has 4 rings (SSSR count). The van der Waals surface area contributed by atoms with E-state index in [2.05, 4.69) is 6.58 Å². The molecule has 10 nitrogen and oxygen atoms in total. The summed E-state index contributed by atoms with van der Waals surface area (Å²) in [6, 6.07) is 16.7. The summed E-state index contributed by atoms with van der Waals surface area (Å²) in [5.41, 5.74) is 2.60. The molecular formula is C35H43NO9. The van der Waals surface area contributed by atoms with Gasteiger partial charge < -0.3 is 28.4 Å². The van der Waals surface area contributed by atoms with Crippen molar-refractivity contribution in [3.8, 4) is 5.75 Å². The third-order valence-corrected chi connectivity index (χ3v) is 8.39. The molecule has 10 heteroatoms. The van der Waals surface area contributed by atoms with Crippen molar-refractivity contribution in [2.24, 2.45) is 5.92 Å². The van der Waals surface area contributed by atoms with Crippen LogP contribution in [0, 0.1) is 5.92 Å². The standard InChI is InChI=1S/C35H43NO9/c1-6-7-13-30(43-22-26-14-16-29(40-3)17-15-26)31-19-27(20-32(37)41-4)21-35(42-5,45-31)24(2)33(38)36-28(23-44-34(36)39)18-25-11-9-8-10-12-25/h6,8-12,14-17,20,24,28,30-31H,1,7,13,18-19,21-23H2,2-5H3/b27-20+/t24-,28+,30-,31-,35+/m1/s1. The van der Waals surface area contributed by atoms with E-state index in [0.717, 1.165) is 16.9 Å². The van der Waals surface area contributed by atoms with Gasteiger partial charge in [0.1, 0.15) is 12.4 Å². The molecule has 2 aromatic carbocycles. The van der Waals surface area contributed by atoms with Crippen molar-refractivity contribution in [3.63, 3.8) is 0 Å². The third-order valence-electron chi connectivity index (χ3n) is 8.39. The number of rotatable bonds is 14. The number of esters is 1. The van der Waals surface area contributed by atoms with Gasteiger partial charge in [0, 0.05) is 19.6 Å². The minimum atomic E-state index is -1.50. The Morgan fingerprint density at radius 3 is 2.47 bits per heavy atom. The Labute approximate surface area is 264 Å². The van der Waals surface area contributed by atoms with Gasteiger partial charge >= 0.3 is 12.1 Å². The Morgan fingerprint density at radius 1 is 1.09 bits per heavy atom. The lowest BCUT2D eigenvalue weighted by Gasteiger charge is -2.46. The van der Waals surface area contributed by atoms with E-state index in [1.165, 1.54) is 25.2 Å². The average Bonchev–Trinajstić information content (AvgIpc) is 3.43. The summed E-state index contributed by atoms with van der Waals surface area (Å²) in [4.78, 5) is 40.6. The predicted octanol–water partition coefficient (Wildman–Crippen LogP) is 5.39. The highest BCUT2D eigenvalue weighted by atomic mass is 16.7. The number of benzene rings is 2. The van der Waals surface area contributed by atoms with Crippen molar-refractivity contribution in [1.82, 2.24) is 4.90 Å². The van der Waals surface area contributed by atoms with Gasteiger partial charge in [-0.05, 0) is 55.9 Å². The highest BCUT2D eigenvalue weighted by Crippen LogP contribution is 2.42. The molecule has 2 heterocycles. The minimum absolute atomic E-state index is 0.0893. The van der Waals surface area contributed by atoms with Gasteiger partial charge in [-0.15, -0.1) is 6.58 Å². The molecule has 2 aliphatic rings. The molecule has 2 saturated heterocycles. The van der Waals surface area contributed by atoms with Crippen LogP contribution in [0.2, 0.25) is 0 Å². The number of allylic oxidation sites excluding steroid dienone is 1. The summed E-state index contributed by atoms with van der Waals surface area (Å²) < 4.78 is 34.7. The fraction of sp³-hybridized carbons (Fsp3) is 0.457. The van der Waals surface area contributed by atoms with Crippen LogP contribution in [0.1, 0.15) is 43.7 Å². The number of carbonyl (C=O) groups excluding carboxylic acids is 3. The molecule has 0 aromatic heterocycles. The number of ether oxygens (including phenoxy) is 6. The lowest BCUT2D eigenvalue weighted by atomic mass is 9.84. The maximum absolute atomic E-state index is 14.1. The Bertz CT molecular complexity index is 1340. The number of imide groups is 1. The van der Waals surface area contributed by atoms with E-state index in [4.69, 9.17) is 28.4 Å². The number of nitrogens with zero attached hydrogens (tertiary/aromatic N) is 1. The second-order valence-corrected chi connectivity index (χ2v) is 11.3. The summed E-state index contributed by atoms with van der Waals surface area (Å²) in [6.45, 7) is 5.93. The fourth-order valence-electron chi connectivity index (χ4n) is 5.83. The van der Waals surface area contributed by atoms with Crippen molar-refractivity contribution in [1.29, 1.82) is 0 Å². The highest BCUT2D eigenvalue weighted by Gasteiger charge is 2.52. The van der Waals surface area contributed by atoms with E-state index in [9.17, 15) is 14.4 Å². The zero-order valence-corrected chi connectivity index (χ0v) is 26.4. The maximum atomic E-state index is 14.1. The molecule has 0 unspecified atom stereocenters. The van der Waals surface area contributed by atoms with E-state index < -0.39 is 47.9 Å². The Kier molecular flexibility index (Phi) is 11.9. The van der Waals surface area contributed by atoms with E-state index in [1.54, 1.807) is 20.1 Å². The Hall–Kier alpha value is -3.99. The highest BCUT2D eigenvalue weighted by molar-refractivity contribution is 5.95. The molecule has 45 heavy (non-hydrogen) atoms. The number of hydrogen-bond acceptors (Lipinski definition) is 9. The topological polar surface area (TPSA) is 110 Å². The number of carbonyl (C=O) groups is 3. The summed E-state index contributed by atoms with van der Waals surface area (Å²) in [5.74, 6) is -2.72. The van der Waals surface area contributed by atoms with Crippen LogP contribution in [0.3, 0.4) is 0 Å². The van der Waals surface area contributed by atoms with Crippen molar-refractivity contribution in [3.05, 3.63) is 90.0 Å². The van der Waals surface area contributed by atoms with Gasteiger partial charge in [-0.1, -0.05) is 54.1 Å². The van der Waals surface area contributed by atoms with Crippen molar-refractivity contribution in [2.75, 3.05) is 27.9 Å². The molecule has 2 amide bonds. The summed E-state index contributed by atoms with van der Waals surface area (Å²) in [7, 11) is 4.38. The Balaban J connectivity index is 1.61. The molecule has 0 radical (unpaired) electrons. The monoisotopic (exact) mass is 621 g/mol. The quantitative estimate of drug-likeness (QED) is 0.156. The van der Waals surface area contributed by atoms with Crippen LogP contribution in [0.25, 0.3) is 0 Å². The lowest BCUT2D eigenvalue weighted by Crippen LogP contribution is -2.57. The number of amides is 2.